The topological polar surface area (TPSA) is 41.3 Å². The van der Waals surface area contributed by atoms with Crippen molar-refractivity contribution in [2.24, 2.45) is 0 Å². The summed E-state index contributed by atoms with van der Waals surface area (Å²) in [5.41, 5.74) is 2.95. The molecule has 4 rings (SSSR count). The van der Waals surface area contributed by atoms with Crippen LogP contribution in [0.3, 0.4) is 0 Å². The number of halogens is 1. The van der Waals surface area contributed by atoms with E-state index in [0.29, 0.717) is 0 Å². The van der Waals surface area contributed by atoms with Crippen molar-refractivity contribution >= 4 is 28.9 Å². The first-order valence-corrected chi connectivity index (χ1v) is 9.71. The highest BCUT2D eigenvalue weighted by atomic mass is 35.5. The summed E-state index contributed by atoms with van der Waals surface area (Å²) in [5, 5.41) is 4.85. The number of nitrogens with zero attached hydrogens (tertiary/aromatic N) is 2. The average molecular weight is 398 g/mol. The van der Waals surface area contributed by atoms with Crippen molar-refractivity contribution in [3.05, 3.63) is 76.8 Å². The van der Waals surface area contributed by atoms with Gasteiger partial charge in [0.2, 0.25) is 0 Å². The Morgan fingerprint density at radius 3 is 2.78 bits per heavy atom. The molecule has 138 valence electrons. The Bertz CT molecular complexity index is 973. The fraction of sp³-hybridized carbons (Fsp3) is 0.238. The summed E-state index contributed by atoms with van der Waals surface area (Å²) >= 11 is 11.8. The number of aromatic nitrogens is 1. The van der Waals surface area contributed by atoms with Crippen LogP contribution in [0.4, 0.5) is 0 Å². The summed E-state index contributed by atoms with van der Waals surface area (Å²) in [7, 11) is 0. The molecule has 1 aliphatic heterocycles. The minimum absolute atomic E-state index is 0.0490. The molecule has 3 heterocycles. The van der Waals surface area contributed by atoms with Crippen LogP contribution in [-0.4, -0.2) is 21.5 Å². The second-order valence-electron chi connectivity index (χ2n) is 6.58. The second kappa shape index (κ2) is 7.33. The molecule has 0 saturated carbocycles. The van der Waals surface area contributed by atoms with E-state index in [1.807, 2.05) is 55.5 Å². The van der Waals surface area contributed by atoms with Gasteiger partial charge in [-0.1, -0.05) is 29.8 Å². The summed E-state index contributed by atoms with van der Waals surface area (Å²) in [6.45, 7) is 4.86. The van der Waals surface area contributed by atoms with E-state index in [1.54, 1.807) is 6.20 Å². The first-order chi connectivity index (χ1) is 13.1. The lowest BCUT2D eigenvalue weighted by Gasteiger charge is -2.24. The fourth-order valence-electron chi connectivity index (χ4n) is 3.47. The third kappa shape index (κ3) is 3.33. The third-order valence-electron chi connectivity index (χ3n) is 4.91. The number of aryl methyl sites for hydroxylation is 1. The van der Waals surface area contributed by atoms with Gasteiger partial charge in [-0.3, -0.25) is 4.98 Å². The average Bonchev–Trinajstić information content (AvgIpc) is 3.29. The summed E-state index contributed by atoms with van der Waals surface area (Å²) in [6.07, 6.45) is 1.80. The normalized spacial score (nSPS) is 19.4. The van der Waals surface area contributed by atoms with Gasteiger partial charge in [-0.15, -0.1) is 0 Å². The zero-order valence-corrected chi connectivity index (χ0v) is 16.7. The quantitative estimate of drug-likeness (QED) is 0.605. The van der Waals surface area contributed by atoms with Crippen LogP contribution in [0.15, 0.2) is 59.1 Å². The van der Waals surface area contributed by atoms with Crippen molar-refractivity contribution in [3.8, 4) is 11.3 Å². The molecule has 27 heavy (non-hydrogen) atoms. The molecule has 0 radical (unpaired) electrons. The lowest BCUT2D eigenvalue weighted by molar-refractivity contribution is 0.284. The highest BCUT2D eigenvalue weighted by Crippen LogP contribution is 2.40. The van der Waals surface area contributed by atoms with Gasteiger partial charge in [0, 0.05) is 23.3 Å². The van der Waals surface area contributed by atoms with Crippen LogP contribution in [0.2, 0.25) is 5.02 Å². The first kappa shape index (κ1) is 18.0. The summed E-state index contributed by atoms with van der Waals surface area (Å²) in [4.78, 5) is 6.66. The van der Waals surface area contributed by atoms with Crippen LogP contribution < -0.4 is 5.32 Å². The number of pyridine rings is 1. The Morgan fingerprint density at radius 2 is 2.07 bits per heavy atom. The summed E-state index contributed by atoms with van der Waals surface area (Å²) < 4.78 is 6.25. The number of hydrogen-bond acceptors (Lipinski definition) is 3. The maximum absolute atomic E-state index is 6.28. The predicted molar refractivity (Wildman–Crippen MR) is 112 cm³/mol. The van der Waals surface area contributed by atoms with E-state index in [4.69, 9.17) is 28.2 Å². The molecule has 6 heteroatoms. The van der Waals surface area contributed by atoms with Crippen LogP contribution in [0.1, 0.15) is 36.0 Å². The molecular formula is C21H20ClN3OS. The van der Waals surface area contributed by atoms with Crippen LogP contribution in [0.25, 0.3) is 11.3 Å². The van der Waals surface area contributed by atoms with Gasteiger partial charge in [0.1, 0.15) is 17.6 Å². The summed E-state index contributed by atoms with van der Waals surface area (Å²) in [5.74, 6) is 1.65. The monoisotopic (exact) mass is 397 g/mol. The van der Waals surface area contributed by atoms with Crippen LogP contribution in [-0.2, 0) is 0 Å². The molecule has 1 aliphatic rings. The highest BCUT2D eigenvalue weighted by molar-refractivity contribution is 7.80. The Morgan fingerprint density at radius 1 is 1.22 bits per heavy atom. The molecule has 2 aromatic heterocycles. The minimum atomic E-state index is -0.0562. The van der Waals surface area contributed by atoms with Crippen molar-refractivity contribution in [1.29, 1.82) is 0 Å². The number of thiocarbonyl (C=S) groups is 1. The molecule has 0 bridgehead atoms. The number of likely N-dealkylation sites (N-methyl/N-ethyl adjacent to an activating group) is 1. The molecule has 0 aliphatic carbocycles. The maximum atomic E-state index is 6.28. The van der Waals surface area contributed by atoms with Gasteiger partial charge >= 0.3 is 0 Å². The molecule has 1 aromatic carbocycles. The number of hydrogen-bond donors (Lipinski definition) is 1. The lowest BCUT2D eigenvalue weighted by Crippen LogP contribution is -2.29. The molecule has 1 saturated heterocycles. The van der Waals surface area contributed by atoms with E-state index in [9.17, 15) is 0 Å². The smallest absolute Gasteiger partial charge is 0.170 e. The van der Waals surface area contributed by atoms with Crippen molar-refractivity contribution < 1.29 is 4.42 Å². The van der Waals surface area contributed by atoms with E-state index in [2.05, 4.69) is 22.1 Å². The van der Waals surface area contributed by atoms with Crippen LogP contribution in [0.5, 0.6) is 0 Å². The highest BCUT2D eigenvalue weighted by Gasteiger charge is 2.40. The van der Waals surface area contributed by atoms with Gasteiger partial charge in [0.15, 0.2) is 5.11 Å². The number of rotatable bonds is 4. The molecule has 4 nitrogen and oxygen atoms in total. The van der Waals surface area contributed by atoms with E-state index in [0.717, 1.165) is 45.0 Å². The molecule has 0 amide bonds. The van der Waals surface area contributed by atoms with Gasteiger partial charge in [-0.05, 0) is 62.0 Å². The third-order valence-corrected chi connectivity index (χ3v) is 5.67. The standard InChI is InChI=1S/C21H20ClN3OS/c1-3-25-20(19(24-21(25)27)16-6-4-5-11-23-16)18-10-9-17(26-18)14-8-7-13(2)15(22)12-14/h4-12,19-20H,3H2,1-2H3,(H,24,27). The van der Waals surface area contributed by atoms with Gasteiger partial charge in [0.25, 0.3) is 0 Å². The van der Waals surface area contributed by atoms with Gasteiger partial charge < -0.3 is 14.6 Å². The zero-order valence-electron chi connectivity index (χ0n) is 15.1. The molecule has 3 aromatic rings. The van der Waals surface area contributed by atoms with Crippen LogP contribution >= 0.6 is 23.8 Å². The predicted octanol–water partition coefficient (Wildman–Crippen LogP) is 5.30. The second-order valence-corrected chi connectivity index (χ2v) is 7.37. The SMILES string of the molecule is CCN1C(=S)NC(c2ccccn2)C1c1ccc(-c2ccc(C)c(Cl)c2)o1. The van der Waals surface area contributed by atoms with E-state index < -0.39 is 0 Å². The molecule has 1 N–H and O–H groups in total. The number of furan rings is 1. The van der Waals surface area contributed by atoms with E-state index in [1.165, 1.54) is 0 Å². The first-order valence-electron chi connectivity index (χ1n) is 8.93. The van der Waals surface area contributed by atoms with Gasteiger partial charge in [0.05, 0.1) is 11.7 Å². The summed E-state index contributed by atoms with van der Waals surface area (Å²) in [6, 6.07) is 15.8. The van der Waals surface area contributed by atoms with Gasteiger partial charge in [-0.2, -0.15) is 0 Å². The van der Waals surface area contributed by atoms with E-state index in [-0.39, 0.29) is 12.1 Å². The Kier molecular flexibility index (Phi) is 4.89. The van der Waals surface area contributed by atoms with Crippen LogP contribution in [0, 0.1) is 6.92 Å². The van der Waals surface area contributed by atoms with Crippen molar-refractivity contribution in [2.75, 3.05) is 6.54 Å². The van der Waals surface area contributed by atoms with Crippen molar-refractivity contribution in [1.82, 2.24) is 15.2 Å². The Labute approximate surface area is 169 Å². The zero-order chi connectivity index (χ0) is 19.0. The lowest BCUT2D eigenvalue weighted by atomic mass is 10.0. The maximum Gasteiger partial charge on any atom is 0.170 e. The largest absolute Gasteiger partial charge is 0.459 e. The minimum Gasteiger partial charge on any atom is -0.459 e. The Hall–Kier alpha value is -2.37. The van der Waals surface area contributed by atoms with Crippen molar-refractivity contribution in [2.45, 2.75) is 25.9 Å². The van der Waals surface area contributed by atoms with Gasteiger partial charge in [-0.25, -0.2) is 0 Å². The molecule has 1 fully saturated rings. The molecule has 0 spiro atoms. The number of nitrogens with one attached hydrogen (secondary N) is 1. The molecule has 2 atom stereocenters. The number of benzene rings is 1. The fourth-order valence-corrected chi connectivity index (χ4v) is 4.02. The molecule has 2 unspecified atom stereocenters. The van der Waals surface area contributed by atoms with E-state index >= 15 is 0 Å². The Balaban J connectivity index is 1.72. The molecular weight excluding hydrogens is 378 g/mol. The van der Waals surface area contributed by atoms with Crippen molar-refractivity contribution in [3.63, 3.8) is 0 Å².